The molecule has 0 aliphatic carbocycles. The van der Waals surface area contributed by atoms with E-state index >= 15 is 0 Å². The highest BCUT2D eigenvalue weighted by atomic mass is 35.5. The summed E-state index contributed by atoms with van der Waals surface area (Å²) in [5.74, 6) is 2.34. The molecule has 0 unspecified atom stereocenters. The number of ether oxygens (including phenoxy) is 1. The topological polar surface area (TPSA) is 39.9 Å². The van der Waals surface area contributed by atoms with E-state index in [1.165, 1.54) is 5.56 Å². The molecule has 28 heavy (non-hydrogen) atoms. The lowest BCUT2D eigenvalue weighted by Gasteiger charge is -2.16. The fourth-order valence-corrected chi connectivity index (χ4v) is 4.41. The van der Waals surface area contributed by atoms with Gasteiger partial charge >= 0.3 is 0 Å². The Hall–Kier alpha value is -1.69. The van der Waals surface area contributed by atoms with Gasteiger partial charge in [0.25, 0.3) is 0 Å². The number of rotatable bonds is 8. The number of halogens is 2. The normalized spacial score (nSPS) is 12.2. The van der Waals surface area contributed by atoms with Crippen LogP contribution in [0.15, 0.2) is 47.6 Å². The van der Waals surface area contributed by atoms with Crippen molar-refractivity contribution in [2.24, 2.45) is 0 Å². The van der Waals surface area contributed by atoms with E-state index in [0.29, 0.717) is 15.8 Å². The molecule has 3 rings (SSSR count). The van der Waals surface area contributed by atoms with Gasteiger partial charge in [0.05, 0.1) is 0 Å². The third kappa shape index (κ3) is 5.02. The van der Waals surface area contributed by atoms with Crippen LogP contribution in [0.3, 0.4) is 0 Å². The maximum absolute atomic E-state index is 6.28. The summed E-state index contributed by atoms with van der Waals surface area (Å²) in [7, 11) is 0. The Morgan fingerprint density at radius 1 is 1.07 bits per heavy atom. The quantitative estimate of drug-likeness (QED) is 0.373. The third-order valence-corrected chi connectivity index (χ3v) is 6.04. The highest BCUT2D eigenvalue weighted by Gasteiger charge is 2.19. The molecule has 3 aromatic rings. The zero-order chi connectivity index (χ0) is 20.1. The van der Waals surface area contributed by atoms with Gasteiger partial charge in [-0.3, -0.25) is 0 Å². The van der Waals surface area contributed by atoms with E-state index in [1.54, 1.807) is 17.8 Å². The van der Waals surface area contributed by atoms with Crippen molar-refractivity contribution in [2.45, 2.75) is 50.8 Å². The second kappa shape index (κ2) is 9.68. The van der Waals surface area contributed by atoms with Gasteiger partial charge in [0.15, 0.2) is 17.1 Å². The zero-order valence-electron chi connectivity index (χ0n) is 16.2. The Morgan fingerprint density at radius 2 is 1.82 bits per heavy atom. The van der Waals surface area contributed by atoms with Crippen molar-refractivity contribution in [2.75, 3.05) is 0 Å². The SMILES string of the molecule is CCc1ccc(O[C@H](C)c2nnc(SCc3ccc(Cl)cc3Cl)n2CC)cc1. The van der Waals surface area contributed by atoms with Gasteiger partial charge in [0.2, 0.25) is 0 Å². The second-order valence-electron chi connectivity index (χ2n) is 6.37. The summed E-state index contributed by atoms with van der Waals surface area (Å²) < 4.78 is 8.17. The summed E-state index contributed by atoms with van der Waals surface area (Å²) >= 11 is 13.8. The monoisotopic (exact) mass is 435 g/mol. The molecule has 148 valence electrons. The van der Waals surface area contributed by atoms with E-state index in [4.69, 9.17) is 27.9 Å². The first-order valence-electron chi connectivity index (χ1n) is 9.27. The van der Waals surface area contributed by atoms with Crippen molar-refractivity contribution in [3.8, 4) is 5.75 Å². The van der Waals surface area contributed by atoms with Gasteiger partial charge in [0, 0.05) is 22.3 Å². The first-order chi connectivity index (χ1) is 13.5. The molecule has 1 atom stereocenters. The van der Waals surface area contributed by atoms with Crippen LogP contribution >= 0.6 is 35.0 Å². The van der Waals surface area contributed by atoms with E-state index < -0.39 is 0 Å². The fourth-order valence-electron chi connectivity index (χ4n) is 2.85. The van der Waals surface area contributed by atoms with Crippen LogP contribution in [0.2, 0.25) is 10.0 Å². The Kier molecular flexibility index (Phi) is 7.27. The molecule has 4 nitrogen and oxygen atoms in total. The summed E-state index contributed by atoms with van der Waals surface area (Å²) in [6.07, 6.45) is 0.812. The minimum absolute atomic E-state index is 0.201. The van der Waals surface area contributed by atoms with Gasteiger partial charge < -0.3 is 9.30 Å². The fraction of sp³-hybridized carbons (Fsp3) is 0.333. The minimum atomic E-state index is -0.201. The van der Waals surface area contributed by atoms with Crippen LogP contribution in [0.4, 0.5) is 0 Å². The molecule has 0 radical (unpaired) electrons. The van der Waals surface area contributed by atoms with Crippen molar-refractivity contribution in [1.29, 1.82) is 0 Å². The van der Waals surface area contributed by atoms with Gasteiger partial charge in [-0.2, -0.15) is 0 Å². The van der Waals surface area contributed by atoms with Crippen molar-refractivity contribution in [3.05, 3.63) is 69.5 Å². The van der Waals surface area contributed by atoms with Crippen LogP contribution in [0, 0.1) is 0 Å². The number of aromatic nitrogens is 3. The van der Waals surface area contributed by atoms with Crippen LogP contribution in [-0.4, -0.2) is 14.8 Å². The predicted molar refractivity (Wildman–Crippen MR) is 117 cm³/mol. The number of thioether (sulfide) groups is 1. The van der Waals surface area contributed by atoms with Crippen molar-refractivity contribution in [3.63, 3.8) is 0 Å². The lowest BCUT2D eigenvalue weighted by molar-refractivity contribution is 0.210. The molecule has 0 saturated heterocycles. The molecule has 0 N–H and O–H groups in total. The maximum atomic E-state index is 6.28. The van der Waals surface area contributed by atoms with Crippen molar-refractivity contribution >= 4 is 35.0 Å². The van der Waals surface area contributed by atoms with Gasteiger partial charge in [-0.1, -0.05) is 60.1 Å². The second-order valence-corrected chi connectivity index (χ2v) is 8.15. The van der Waals surface area contributed by atoms with E-state index in [1.807, 2.05) is 31.2 Å². The molecule has 0 saturated carbocycles. The molecule has 0 aliphatic heterocycles. The molecule has 1 aromatic heterocycles. The van der Waals surface area contributed by atoms with Crippen molar-refractivity contribution < 1.29 is 4.74 Å². The number of nitrogens with zero attached hydrogens (tertiary/aromatic N) is 3. The van der Waals surface area contributed by atoms with E-state index in [9.17, 15) is 0 Å². The zero-order valence-corrected chi connectivity index (χ0v) is 18.5. The largest absolute Gasteiger partial charge is 0.483 e. The summed E-state index contributed by atoms with van der Waals surface area (Å²) in [5.41, 5.74) is 2.31. The smallest absolute Gasteiger partial charge is 0.191 e. The first-order valence-corrected chi connectivity index (χ1v) is 11.0. The van der Waals surface area contributed by atoms with E-state index in [-0.39, 0.29) is 6.10 Å². The Balaban J connectivity index is 1.71. The predicted octanol–water partition coefficient (Wildman–Crippen LogP) is 6.60. The van der Waals surface area contributed by atoms with Crippen molar-refractivity contribution in [1.82, 2.24) is 14.8 Å². The lowest BCUT2D eigenvalue weighted by atomic mass is 10.2. The average Bonchev–Trinajstić information content (AvgIpc) is 3.11. The van der Waals surface area contributed by atoms with Gasteiger partial charge in [-0.15, -0.1) is 10.2 Å². The Bertz CT molecular complexity index is 928. The number of hydrogen-bond donors (Lipinski definition) is 0. The van der Waals surface area contributed by atoms with Crippen LogP contribution < -0.4 is 4.74 Å². The van der Waals surface area contributed by atoms with Crippen LogP contribution in [0.25, 0.3) is 0 Å². The molecule has 0 bridgehead atoms. The van der Waals surface area contributed by atoms with Gasteiger partial charge in [-0.05, 0) is 55.7 Å². The molecule has 0 amide bonds. The molecule has 1 heterocycles. The summed E-state index contributed by atoms with van der Waals surface area (Å²) in [6.45, 7) is 6.98. The number of benzene rings is 2. The standard InChI is InChI=1S/C21H23Cl2N3OS/c1-4-15-6-10-18(11-7-15)27-14(3)20-24-25-21(26(20)5-2)28-13-16-8-9-17(22)12-19(16)23/h6-12,14H,4-5,13H2,1-3H3/t14-/m1/s1. The minimum Gasteiger partial charge on any atom is -0.483 e. The van der Waals surface area contributed by atoms with Crippen LogP contribution in [0.1, 0.15) is 43.8 Å². The molecule has 0 fully saturated rings. The van der Waals surface area contributed by atoms with E-state index in [0.717, 1.165) is 35.3 Å². The highest BCUT2D eigenvalue weighted by molar-refractivity contribution is 7.98. The summed E-state index contributed by atoms with van der Waals surface area (Å²) in [4.78, 5) is 0. The molecule has 0 aliphatic rings. The summed E-state index contributed by atoms with van der Waals surface area (Å²) in [6, 6.07) is 13.7. The Morgan fingerprint density at radius 3 is 2.46 bits per heavy atom. The highest BCUT2D eigenvalue weighted by Crippen LogP contribution is 2.30. The van der Waals surface area contributed by atoms with Gasteiger partial charge in [0.1, 0.15) is 5.75 Å². The summed E-state index contributed by atoms with van der Waals surface area (Å²) in [5, 5.41) is 10.9. The molecule has 0 spiro atoms. The lowest BCUT2D eigenvalue weighted by Crippen LogP contribution is -2.12. The third-order valence-electron chi connectivity index (χ3n) is 4.44. The first kappa shape index (κ1) is 21.0. The number of hydrogen-bond acceptors (Lipinski definition) is 4. The number of aryl methyl sites for hydroxylation is 1. The maximum Gasteiger partial charge on any atom is 0.191 e. The Labute approximate surface area is 180 Å². The molecule has 2 aromatic carbocycles. The average molecular weight is 436 g/mol. The molecular formula is C21H23Cl2N3OS. The van der Waals surface area contributed by atoms with Crippen LogP contribution in [-0.2, 0) is 18.7 Å². The van der Waals surface area contributed by atoms with E-state index in [2.05, 4.69) is 40.7 Å². The molecule has 7 heteroatoms. The van der Waals surface area contributed by atoms with Gasteiger partial charge in [-0.25, -0.2) is 0 Å². The molecular weight excluding hydrogens is 413 g/mol. The van der Waals surface area contributed by atoms with Crippen LogP contribution in [0.5, 0.6) is 5.75 Å².